The van der Waals surface area contributed by atoms with E-state index in [1.165, 1.54) is 3.57 Å². The highest BCUT2D eigenvalue weighted by Gasteiger charge is 2.20. The third-order valence-corrected chi connectivity index (χ3v) is 3.79. The topological polar surface area (TPSA) is 51.1 Å². The van der Waals surface area contributed by atoms with Crippen molar-refractivity contribution in [1.29, 1.82) is 0 Å². The number of rotatable bonds is 3. The molecule has 0 fully saturated rings. The van der Waals surface area contributed by atoms with Gasteiger partial charge < -0.3 is 14.7 Å². The molecule has 0 bridgehead atoms. The van der Waals surface area contributed by atoms with Gasteiger partial charge in [-0.25, -0.2) is 0 Å². The van der Waals surface area contributed by atoms with Crippen LogP contribution in [0.2, 0.25) is 0 Å². The average Bonchev–Trinajstić information content (AvgIpc) is 2.89. The second kappa shape index (κ2) is 5.70. The summed E-state index contributed by atoms with van der Waals surface area (Å²) in [7, 11) is 0. The summed E-state index contributed by atoms with van der Waals surface area (Å²) in [5, 5.41) is 12.0. The molecular formula is C15H12INO3. The molecule has 102 valence electrons. The maximum Gasteiger partial charge on any atom is 0.134 e. The van der Waals surface area contributed by atoms with Crippen molar-refractivity contribution in [3.63, 3.8) is 0 Å². The molecule has 0 amide bonds. The minimum absolute atomic E-state index is 0.298. The van der Waals surface area contributed by atoms with E-state index < -0.39 is 0 Å². The smallest absolute Gasteiger partial charge is 0.134 e. The van der Waals surface area contributed by atoms with Gasteiger partial charge in [0.25, 0.3) is 0 Å². The molecule has 0 aliphatic carbocycles. The van der Waals surface area contributed by atoms with E-state index in [4.69, 9.17) is 14.7 Å². The fourth-order valence-corrected chi connectivity index (χ4v) is 2.36. The van der Waals surface area contributed by atoms with Crippen molar-refractivity contribution in [2.75, 3.05) is 6.61 Å². The Bertz CT molecular complexity index is 653. The first kappa shape index (κ1) is 13.2. The third kappa shape index (κ3) is 2.72. The van der Waals surface area contributed by atoms with Crippen LogP contribution < -0.4 is 9.47 Å². The van der Waals surface area contributed by atoms with E-state index in [1.54, 1.807) is 0 Å². The Hall–Kier alpha value is -1.76. The van der Waals surface area contributed by atoms with Crippen LogP contribution in [0.4, 0.5) is 0 Å². The van der Waals surface area contributed by atoms with E-state index in [9.17, 15) is 0 Å². The third-order valence-electron chi connectivity index (χ3n) is 3.07. The highest BCUT2D eigenvalue weighted by molar-refractivity contribution is 14.1. The van der Waals surface area contributed by atoms with Crippen LogP contribution in [-0.4, -0.2) is 17.5 Å². The van der Waals surface area contributed by atoms with Gasteiger partial charge in [-0.3, -0.25) is 0 Å². The van der Waals surface area contributed by atoms with Crippen molar-refractivity contribution in [2.24, 2.45) is 5.16 Å². The Balaban J connectivity index is 1.71. The number of nitrogens with zero attached hydrogens (tertiary/aromatic N) is 1. The molecule has 0 spiro atoms. The lowest BCUT2D eigenvalue weighted by Gasteiger charge is -2.07. The van der Waals surface area contributed by atoms with E-state index >= 15 is 0 Å². The monoisotopic (exact) mass is 381 g/mol. The second-order valence-corrected chi connectivity index (χ2v) is 5.65. The number of benzene rings is 2. The molecule has 20 heavy (non-hydrogen) atoms. The van der Waals surface area contributed by atoms with Crippen molar-refractivity contribution in [1.82, 2.24) is 0 Å². The standard InChI is InChI=1S/C15H12INO3/c16-11-3-1-10(2-4-11)8-19-12-5-6-13-14(17-18)9-20-15(13)7-12/h1-7,18H,8-9H2. The zero-order valence-electron chi connectivity index (χ0n) is 10.5. The predicted molar refractivity (Wildman–Crippen MR) is 83.8 cm³/mol. The van der Waals surface area contributed by atoms with Crippen LogP contribution in [0.5, 0.6) is 11.5 Å². The molecule has 0 saturated heterocycles. The molecule has 2 aromatic rings. The molecule has 3 rings (SSSR count). The Morgan fingerprint density at radius 2 is 2.00 bits per heavy atom. The highest BCUT2D eigenvalue weighted by Crippen LogP contribution is 2.30. The SMILES string of the molecule is ON=C1COc2cc(OCc3ccc(I)cc3)ccc21. The zero-order valence-corrected chi connectivity index (χ0v) is 12.7. The molecule has 0 aromatic heterocycles. The van der Waals surface area contributed by atoms with Gasteiger partial charge in [0.1, 0.15) is 30.4 Å². The molecule has 0 unspecified atom stereocenters. The lowest BCUT2D eigenvalue weighted by atomic mass is 10.1. The molecule has 2 aromatic carbocycles. The summed E-state index contributed by atoms with van der Waals surface area (Å²) in [6.07, 6.45) is 0. The second-order valence-electron chi connectivity index (χ2n) is 4.41. The summed E-state index contributed by atoms with van der Waals surface area (Å²) in [5.74, 6) is 1.43. The minimum atomic E-state index is 0.298. The summed E-state index contributed by atoms with van der Waals surface area (Å²) < 4.78 is 12.4. The molecule has 1 heterocycles. The van der Waals surface area contributed by atoms with Gasteiger partial charge in [-0.05, 0) is 52.4 Å². The molecule has 4 nitrogen and oxygen atoms in total. The van der Waals surface area contributed by atoms with Crippen LogP contribution in [-0.2, 0) is 6.61 Å². The number of hydrogen-bond acceptors (Lipinski definition) is 4. The van der Waals surface area contributed by atoms with Gasteiger partial charge in [0.2, 0.25) is 0 Å². The van der Waals surface area contributed by atoms with Crippen LogP contribution in [0.1, 0.15) is 11.1 Å². The van der Waals surface area contributed by atoms with Crippen LogP contribution in [0.15, 0.2) is 47.6 Å². The van der Waals surface area contributed by atoms with Crippen LogP contribution in [0, 0.1) is 3.57 Å². The fraction of sp³-hybridized carbons (Fsp3) is 0.133. The molecule has 1 aliphatic rings. The fourth-order valence-electron chi connectivity index (χ4n) is 2.00. The Morgan fingerprint density at radius 3 is 2.75 bits per heavy atom. The first-order chi connectivity index (χ1) is 9.76. The van der Waals surface area contributed by atoms with Gasteiger partial charge in [-0.2, -0.15) is 0 Å². The molecule has 5 heteroatoms. The number of oxime groups is 1. The largest absolute Gasteiger partial charge is 0.489 e. The molecular weight excluding hydrogens is 369 g/mol. The van der Waals surface area contributed by atoms with Gasteiger partial charge in [0.15, 0.2) is 0 Å². The van der Waals surface area contributed by atoms with Crippen molar-refractivity contribution in [3.8, 4) is 11.5 Å². The van der Waals surface area contributed by atoms with Crippen LogP contribution in [0.25, 0.3) is 0 Å². The molecule has 1 N–H and O–H groups in total. The lowest BCUT2D eigenvalue weighted by Crippen LogP contribution is -2.01. The lowest BCUT2D eigenvalue weighted by molar-refractivity contribution is 0.302. The first-order valence-electron chi connectivity index (χ1n) is 6.11. The van der Waals surface area contributed by atoms with E-state index in [0.29, 0.717) is 24.7 Å². The van der Waals surface area contributed by atoms with Gasteiger partial charge in [0.05, 0.1) is 0 Å². The van der Waals surface area contributed by atoms with Crippen molar-refractivity contribution in [2.45, 2.75) is 6.61 Å². The summed E-state index contributed by atoms with van der Waals surface area (Å²) >= 11 is 2.27. The quantitative estimate of drug-likeness (QED) is 0.504. The van der Waals surface area contributed by atoms with Crippen molar-refractivity contribution < 1.29 is 14.7 Å². The van der Waals surface area contributed by atoms with Gasteiger partial charge in [-0.15, -0.1) is 0 Å². The maximum atomic E-state index is 8.83. The summed E-state index contributed by atoms with van der Waals surface area (Å²) in [5.41, 5.74) is 2.47. The van der Waals surface area contributed by atoms with Crippen LogP contribution >= 0.6 is 22.6 Å². The zero-order chi connectivity index (χ0) is 13.9. The Labute approximate surface area is 130 Å². The minimum Gasteiger partial charge on any atom is -0.489 e. The van der Waals surface area contributed by atoms with Gasteiger partial charge in [0, 0.05) is 15.2 Å². The van der Waals surface area contributed by atoms with E-state index in [0.717, 1.165) is 16.9 Å². The molecule has 0 saturated carbocycles. The molecule has 0 radical (unpaired) electrons. The van der Waals surface area contributed by atoms with Gasteiger partial charge >= 0.3 is 0 Å². The number of hydrogen-bond donors (Lipinski definition) is 1. The van der Waals surface area contributed by atoms with E-state index in [2.05, 4.69) is 39.9 Å². The molecule has 1 aliphatic heterocycles. The highest BCUT2D eigenvalue weighted by atomic mass is 127. The number of fused-ring (bicyclic) bond motifs is 1. The van der Waals surface area contributed by atoms with Crippen molar-refractivity contribution in [3.05, 3.63) is 57.2 Å². The predicted octanol–water partition coefficient (Wildman–Crippen LogP) is 3.44. The number of ether oxygens (including phenoxy) is 2. The Kier molecular flexibility index (Phi) is 3.77. The average molecular weight is 381 g/mol. The van der Waals surface area contributed by atoms with Gasteiger partial charge in [-0.1, -0.05) is 17.3 Å². The van der Waals surface area contributed by atoms with E-state index in [1.807, 2.05) is 30.3 Å². The molecule has 0 atom stereocenters. The number of halogens is 1. The van der Waals surface area contributed by atoms with Crippen LogP contribution in [0.3, 0.4) is 0 Å². The summed E-state index contributed by atoms with van der Waals surface area (Å²) in [6, 6.07) is 13.7. The normalized spacial score (nSPS) is 14.9. The van der Waals surface area contributed by atoms with E-state index in [-0.39, 0.29) is 0 Å². The van der Waals surface area contributed by atoms with Crippen molar-refractivity contribution >= 4 is 28.3 Å². The maximum absolute atomic E-state index is 8.83. The Morgan fingerprint density at radius 1 is 1.20 bits per heavy atom. The summed E-state index contributed by atoms with van der Waals surface area (Å²) in [6.45, 7) is 0.809. The first-order valence-corrected chi connectivity index (χ1v) is 7.19. The summed E-state index contributed by atoms with van der Waals surface area (Å²) in [4.78, 5) is 0.